The van der Waals surface area contributed by atoms with Crippen LogP contribution in [0.1, 0.15) is 40.0 Å². The molecule has 16 heavy (non-hydrogen) atoms. The average molecular weight is 226 g/mol. The minimum absolute atomic E-state index is 0.246. The van der Waals surface area contributed by atoms with Crippen molar-refractivity contribution >= 4 is 0 Å². The van der Waals surface area contributed by atoms with Crippen molar-refractivity contribution in [3.05, 3.63) is 0 Å². The molecule has 2 aliphatic heterocycles. The van der Waals surface area contributed by atoms with E-state index in [0.29, 0.717) is 6.04 Å². The molecule has 3 nitrogen and oxygen atoms in total. The fourth-order valence-corrected chi connectivity index (χ4v) is 2.90. The Kier molecular flexibility index (Phi) is 3.88. The van der Waals surface area contributed by atoms with Gasteiger partial charge in [0.1, 0.15) is 0 Å². The normalized spacial score (nSPS) is 29.8. The van der Waals surface area contributed by atoms with E-state index in [1.54, 1.807) is 0 Å². The van der Waals surface area contributed by atoms with Crippen molar-refractivity contribution in [2.24, 2.45) is 0 Å². The van der Waals surface area contributed by atoms with Crippen LogP contribution in [0.15, 0.2) is 0 Å². The second-order valence-electron chi connectivity index (χ2n) is 6.22. The van der Waals surface area contributed by atoms with Crippen molar-refractivity contribution in [3.8, 4) is 0 Å². The van der Waals surface area contributed by atoms with E-state index in [1.807, 2.05) is 0 Å². The molecule has 2 saturated heterocycles. The fraction of sp³-hybridized carbons (Fsp3) is 1.00. The highest BCUT2D eigenvalue weighted by atomic mass is 16.5. The van der Waals surface area contributed by atoms with Crippen molar-refractivity contribution in [1.82, 2.24) is 10.2 Å². The van der Waals surface area contributed by atoms with Crippen LogP contribution in [-0.4, -0.2) is 48.8 Å². The first kappa shape index (κ1) is 12.3. The molecule has 94 valence electrons. The van der Waals surface area contributed by atoms with Gasteiger partial charge in [-0.2, -0.15) is 0 Å². The van der Waals surface area contributed by atoms with Crippen molar-refractivity contribution < 1.29 is 4.74 Å². The molecule has 0 aromatic rings. The van der Waals surface area contributed by atoms with Gasteiger partial charge in [-0.1, -0.05) is 0 Å². The first-order chi connectivity index (χ1) is 7.54. The van der Waals surface area contributed by atoms with Crippen LogP contribution in [0.2, 0.25) is 0 Å². The Hall–Kier alpha value is -0.120. The minimum atomic E-state index is 0.246. The summed E-state index contributed by atoms with van der Waals surface area (Å²) in [6.07, 6.45) is 3.75. The predicted octanol–water partition coefficient (Wildman–Crippen LogP) is 1.63. The number of nitrogens with zero attached hydrogens (tertiary/aromatic N) is 1. The van der Waals surface area contributed by atoms with E-state index in [2.05, 4.69) is 31.0 Å². The van der Waals surface area contributed by atoms with Crippen molar-refractivity contribution in [3.63, 3.8) is 0 Å². The van der Waals surface area contributed by atoms with E-state index in [1.165, 1.54) is 32.4 Å². The minimum Gasteiger partial charge on any atom is -0.381 e. The van der Waals surface area contributed by atoms with Gasteiger partial charge >= 0.3 is 0 Å². The Bertz CT molecular complexity index is 218. The Balaban J connectivity index is 1.78. The zero-order valence-corrected chi connectivity index (χ0v) is 11.0. The van der Waals surface area contributed by atoms with Gasteiger partial charge in [-0.05, 0) is 40.0 Å². The van der Waals surface area contributed by atoms with Crippen molar-refractivity contribution in [2.75, 3.05) is 26.3 Å². The highest BCUT2D eigenvalue weighted by Gasteiger charge is 2.30. The second-order valence-corrected chi connectivity index (χ2v) is 6.22. The zero-order chi connectivity index (χ0) is 11.6. The van der Waals surface area contributed by atoms with Crippen LogP contribution in [0.25, 0.3) is 0 Å². The Morgan fingerprint density at radius 2 is 1.81 bits per heavy atom. The summed E-state index contributed by atoms with van der Waals surface area (Å²) in [5, 5.41) is 3.71. The molecule has 0 unspecified atom stereocenters. The molecule has 3 heteroatoms. The van der Waals surface area contributed by atoms with Crippen LogP contribution in [0.5, 0.6) is 0 Å². The highest BCUT2D eigenvalue weighted by Crippen LogP contribution is 2.21. The van der Waals surface area contributed by atoms with E-state index >= 15 is 0 Å². The number of rotatable bonds is 2. The molecule has 0 saturated carbocycles. The van der Waals surface area contributed by atoms with Crippen LogP contribution in [0, 0.1) is 0 Å². The third-order valence-corrected chi connectivity index (χ3v) is 3.56. The Labute approximate surface area is 99.5 Å². The van der Waals surface area contributed by atoms with E-state index in [-0.39, 0.29) is 5.54 Å². The Morgan fingerprint density at radius 1 is 1.12 bits per heavy atom. The smallest absolute Gasteiger partial charge is 0.0480 e. The van der Waals surface area contributed by atoms with Crippen molar-refractivity contribution in [1.29, 1.82) is 0 Å². The van der Waals surface area contributed by atoms with Gasteiger partial charge in [-0.15, -0.1) is 0 Å². The molecule has 2 fully saturated rings. The number of hydrogen-bond donors (Lipinski definition) is 1. The van der Waals surface area contributed by atoms with Gasteiger partial charge in [0.2, 0.25) is 0 Å². The highest BCUT2D eigenvalue weighted by molar-refractivity contribution is 4.89. The fourth-order valence-electron chi connectivity index (χ4n) is 2.90. The number of hydrogen-bond acceptors (Lipinski definition) is 3. The third-order valence-electron chi connectivity index (χ3n) is 3.56. The lowest BCUT2D eigenvalue weighted by Gasteiger charge is -2.32. The summed E-state index contributed by atoms with van der Waals surface area (Å²) in [6.45, 7) is 11.2. The van der Waals surface area contributed by atoms with E-state index < -0.39 is 0 Å². The van der Waals surface area contributed by atoms with Crippen LogP contribution >= 0.6 is 0 Å². The average Bonchev–Trinajstić information content (AvgIpc) is 2.65. The van der Waals surface area contributed by atoms with Gasteiger partial charge in [-0.3, -0.25) is 4.90 Å². The lowest BCUT2D eigenvalue weighted by atomic mass is 10.1. The maximum atomic E-state index is 5.42. The van der Waals surface area contributed by atoms with Crippen LogP contribution in [-0.2, 0) is 4.74 Å². The second kappa shape index (κ2) is 5.03. The summed E-state index contributed by atoms with van der Waals surface area (Å²) in [4.78, 5) is 2.66. The molecule has 0 aliphatic carbocycles. The topological polar surface area (TPSA) is 24.5 Å². The van der Waals surface area contributed by atoms with E-state index in [0.717, 1.165) is 19.3 Å². The molecule has 2 rings (SSSR count). The molecule has 2 heterocycles. The molecule has 0 aromatic heterocycles. The molecular formula is C13H26N2O. The molecule has 1 atom stereocenters. The zero-order valence-electron chi connectivity index (χ0n) is 11.0. The van der Waals surface area contributed by atoms with Crippen LogP contribution < -0.4 is 5.32 Å². The largest absolute Gasteiger partial charge is 0.381 e. The lowest BCUT2D eigenvalue weighted by molar-refractivity contribution is 0.0414. The molecule has 0 radical (unpaired) electrons. The third kappa shape index (κ3) is 3.44. The lowest BCUT2D eigenvalue weighted by Crippen LogP contribution is -2.46. The van der Waals surface area contributed by atoms with Crippen molar-refractivity contribution in [2.45, 2.75) is 57.7 Å². The van der Waals surface area contributed by atoms with E-state index in [4.69, 9.17) is 4.74 Å². The Morgan fingerprint density at radius 3 is 2.44 bits per heavy atom. The SMILES string of the molecule is CC(C)(C)N[C@@H]1CCN(C2CCOCC2)C1. The summed E-state index contributed by atoms with van der Waals surface area (Å²) in [5.74, 6) is 0. The van der Waals surface area contributed by atoms with Crippen LogP contribution in [0.3, 0.4) is 0 Å². The summed E-state index contributed by atoms with van der Waals surface area (Å²) in [7, 11) is 0. The summed E-state index contributed by atoms with van der Waals surface area (Å²) in [6, 6.07) is 1.46. The summed E-state index contributed by atoms with van der Waals surface area (Å²) in [5.41, 5.74) is 0.246. The molecule has 0 spiro atoms. The first-order valence-electron chi connectivity index (χ1n) is 6.64. The molecule has 0 amide bonds. The number of likely N-dealkylation sites (tertiary alicyclic amines) is 1. The van der Waals surface area contributed by atoms with Gasteiger partial charge in [0, 0.05) is 43.9 Å². The van der Waals surface area contributed by atoms with Gasteiger partial charge in [-0.25, -0.2) is 0 Å². The summed E-state index contributed by atoms with van der Waals surface area (Å²) >= 11 is 0. The van der Waals surface area contributed by atoms with Gasteiger partial charge in [0.25, 0.3) is 0 Å². The number of ether oxygens (including phenoxy) is 1. The molecule has 1 N–H and O–H groups in total. The quantitative estimate of drug-likeness (QED) is 0.774. The first-order valence-corrected chi connectivity index (χ1v) is 6.64. The van der Waals surface area contributed by atoms with Gasteiger partial charge in [0.05, 0.1) is 0 Å². The molecular weight excluding hydrogens is 200 g/mol. The molecule has 0 bridgehead atoms. The molecule has 0 aromatic carbocycles. The monoisotopic (exact) mass is 226 g/mol. The van der Waals surface area contributed by atoms with E-state index in [9.17, 15) is 0 Å². The summed E-state index contributed by atoms with van der Waals surface area (Å²) < 4.78 is 5.42. The maximum absolute atomic E-state index is 5.42. The predicted molar refractivity (Wildman–Crippen MR) is 66.7 cm³/mol. The number of nitrogens with one attached hydrogen (secondary N) is 1. The van der Waals surface area contributed by atoms with Gasteiger partial charge < -0.3 is 10.1 Å². The molecule has 2 aliphatic rings. The maximum Gasteiger partial charge on any atom is 0.0480 e. The van der Waals surface area contributed by atoms with Crippen LogP contribution in [0.4, 0.5) is 0 Å². The van der Waals surface area contributed by atoms with Gasteiger partial charge in [0.15, 0.2) is 0 Å². The standard InChI is InChI=1S/C13H26N2O/c1-13(2,3)14-11-4-7-15(10-11)12-5-8-16-9-6-12/h11-12,14H,4-10H2,1-3H3/t11-/m1/s1.